The van der Waals surface area contributed by atoms with Gasteiger partial charge in [-0.3, -0.25) is 9.69 Å². The van der Waals surface area contributed by atoms with Crippen LogP contribution in [-0.2, 0) is 16.0 Å². The van der Waals surface area contributed by atoms with Crippen molar-refractivity contribution >= 4 is 17.2 Å². The number of nitrogens with one attached hydrogen (secondary N) is 1. The number of hydrogen-bond donors (Lipinski definition) is 1. The molecule has 1 fully saturated rings. The van der Waals surface area contributed by atoms with Crippen LogP contribution in [-0.4, -0.2) is 43.7 Å². The van der Waals surface area contributed by atoms with Crippen molar-refractivity contribution in [3.63, 3.8) is 0 Å². The summed E-state index contributed by atoms with van der Waals surface area (Å²) in [6.45, 7) is 4.03. The number of benzene rings is 1. The van der Waals surface area contributed by atoms with E-state index in [9.17, 15) is 4.79 Å². The SMILES string of the molecule is O=C(CCc1ccccc1)NCC(c1cccs1)N1CCOCC1. The Bertz CT molecular complexity index is 610. The zero-order valence-electron chi connectivity index (χ0n) is 13.8. The highest BCUT2D eigenvalue weighted by molar-refractivity contribution is 7.10. The fourth-order valence-corrected chi connectivity index (χ4v) is 3.84. The molecule has 0 spiro atoms. The number of morpholine rings is 1. The highest BCUT2D eigenvalue weighted by atomic mass is 32.1. The average Bonchev–Trinajstić information content (AvgIpc) is 3.16. The van der Waals surface area contributed by atoms with E-state index in [-0.39, 0.29) is 11.9 Å². The lowest BCUT2D eigenvalue weighted by atomic mass is 10.1. The molecule has 2 aromatic rings. The fraction of sp³-hybridized carbons (Fsp3) is 0.421. The molecule has 1 unspecified atom stereocenters. The van der Waals surface area contributed by atoms with Gasteiger partial charge in [0.15, 0.2) is 0 Å². The number of aryl methyl sites for hydroxylation is 1. The smallest absolute Gasteiger partial charge is 0.220 e. The van der Waals surface area contributed by atoms with Crippen molar-refractivity contribution in [1.82, 2.24) is 10.2 Å². The van der Waals surface area contributed by atoms with Gasteiger partial charge in [0.25, 0.3) is 0 Å². The molecule has 0 saturated carbocycles. The molecule has 1 saturated heterocycles. The number of amides is 1. The predicted octanol–water partition coefficient (Wildman–Crippen LogP) is 2.87. The fourth-order valence-electron chi connectivity index (χ4n) is 2.98. The van der Waals surface area contributed by atoms with Crippen LogP contribution in [0.1, 0.15) is 22.9 Å². The summed E-state index contributed by atoms with van der Waals surface area (Å²) in [5.41, 5.74) is 1.20. The maximum Gasteiger partial charge on any atom is 0.220 e. The first-order valence-corrected chi connectivity index (χ1v) is 9.37. The highest BCUT2D eigenvalue weighted by Crippen LogP contribution is 2.25. The van der Waals surface area contributed by atoms with Gasteiger partial charge in [-0.05, 0) is 23.4 Å². The van der Waals surface area contributed by atoms with Gasteiger partial charge >= 0.3 is 0 Å². The molecule has 1 aliphatic heterocycles. The minimum atomic E-state index is 0.119. The molecule has 4 nitrogen and oxygen atoms in total. The minimum absolute atomic E-state index is 0.119. The summed E-state index contributed by atoms with van der Waals surface area (Å²) in [7, 11) is 0. The second-order valence-electron chi connectivity index (χ2n) is 5.97. The molecule has 1 N–H and O–H groups in total. The van der Waals surface area contributed by atoms with Crippen molar-refractivity contribution in [3.8, 4) is 0 Å². The van der Waals surface area contributed by atoms with Crippen LogP contribution in [0.25, 0.3) is 0 Å². The summed E-state index contributed by atoms with van der Waals surface area (Å²) in [5.74, 6) is 0.119. The van der Waals surface area contributed by atoms with E-state index in [0.717, 1.165) is 32.7 Å². The first-order valence-electron chi connectivity index (χ1n) is 8.49. The van der Waals surface area contributed by atoms with E-state index in [1.165, 1.54) is 10.4 Å². The monoisotopic (exact) mass is 344 g/mol. The van der Waals surface area contributed by atoms with Gasteiger partial charge in [-0.2, -0.15) is 0 Å². The van der Waals surface area contributed by atoms with Crippen LogP contribution in [0.15, 0.2) is 47.8 Å². The lowest BCUT2D eigenvalue weighted by Crippen LogP contribution is -2.43. The first kappa shape index (κ1) is 17.1. The van der Waals surface area contributed by atoms with E-state index in [2.05, 4.69) is 39.9 Å². The van der Waals surface area contributed by atoms with Gasteiger partial charge in [0.2, 0.25) is 5.91 Å². The third-order valence-corrected chi connectivity index (χ3v) is 5.31. The van der Waals surface area contributed by atoms with E-state index < -0.39 is 0 Å². The maximum atomic E-state index is 12.2. The van der Waals surface area contributed by atoms with Crippen molar-refractivity contribution < 1.29 is 9.53 Å². The van der Waals surface area contributed by atoms with E-state index in [4.69, 9.17) is 4.74 Å². The topological polar surface area (TPSA) is 41.6 Å². The molecule has 1 aromatic heterocycles. The van der Waals surface area contributed by atoms with Crippen LogP contribution in [0.2, 0.25) is 0 Å². The van der Waals surface area contributed by atoms with Crippen LogP contribution in [0, 0.1) is 0 Å². The summed E-state index contributed by atoms with van der Waals surface area (Å²) in [6.07, 6.45) is 1.32. The third kappa shape index (κ3) is 4.90. The average molecular weight is 344 g/mol. The number of hydrogen-bond acceptors (Lipinski definition) is 4. The zero-order chi connectivity index (χ0) is 16.6. The number of thiophene rings is 1. The molecule has 0 aliphatic carbocycles. The van der Waals surface area contributed by atoms with Gasteiger partial charge in [-0.25, -0.2) is 0 Å². The van der Waals surface area contributed by atoms with Crippen LogP contribution in [0.5, 0.6) is 0 Å². The van der Waals surface area contributed by atoms with Crippen molar-refractivity contribution in [1.29, 1.82) is 0 Å². The van der Waals surface area contributed by atoms with Gasteiger partial charge in [-0.1, -0.05) is 36.4 Å². The van der Waals surface area contributed by atoms with E-state index in [0.29, 0.717) is 13.0 Å². The highest BCUT2D eigenvalue weighted by Gasteiger charge is 2.23. The zero-order valence-corrected chi connectivity index (χ0v) is 14.6. The standard InChI is InChI=1S/C19H24N2O2S/c22-19(9-8-16-5-2-1-3-6-16)20-15-17(18-7-4-14-24-18)21-10-12-23-13-11-21/h1-7,14,17H,8-13,15H2,(H,20,22). The van der Waals surface area contributed by atoms with Crippen LogP contribution < -0.4 is 5.32 Å². The summed E-state index contributed by atoms with van der Waals surface area (Å²) in [6, 6.07) is 14.6. The Kier molecular flexibility index (Phi) is 6.41. The summed E-state index contributed by atoms with van der Waals surface area (Å²) in [5, 5.41) is 5.22. The molecule has 24 heavy (non-hydrogen) atoms. The Hall–Kier alpha value is -1.69. The molecular weight excluding hydrogens is 320 g/mol. The normalized spacial score (nSPS) is 16.7. The molecule has 1 atom stereocenters. The quantitative estimate of drug-likeness (QED) is 0.840. The molecule has 3 rings (SSSR count). The maximum absolute atomic E-state index is 12.2. The molecule has 0 bridgehead atoms. The van der Waals surface area contributed by atoms with Gasteiger partial charge in [-0.15, -0.1) is 11.3 Å². The minimum Gasteiger partial charge on any atom is -0.379 e. The van der Waals surface area contributed by atoms with Gasteiger partial charge in [0, 0.05) is 30.9 Å². The molecule has 1 aromatic carbocycles. The van der Waals surface area contributed by atoms with Crippen molar-refractivity contribution in [2.45, 2.75) is 18.9 Å². The largest absolute Gasteiger partial charge is 0.379 e. The van der Waals surface area contributed by atoms with Gasteiger partial charge in [0.05, 0.1) is 19.3 Å². The van der Waals surface area contributed by atoms with Gasteiger partial charge in [0.1, 0.15) is 0 Å². The number of ether oxygens (including phenoxy) is 1. The number of carbonyl (C=O) groups excluding carboxylic acids is 1. The lowest BCUT2D eigenvalue weighted by Gasteiger charge is -2.34. The second-order valence-corrected chi connectivity index (χ2v) is 6.95. The molecular formula is C19H24N2O2S. The summed E-state index contributed by atoms with van der Waals surface area (Å²) >= 11 is 1.75. The van der Waals surface area contributed by atoms with Crippen LogP contribution >= 0.6 is 11.3 Å². The second kappa shape index (κ2) is 8.97. The molecule has 0 radical (unpaired) electrons. The Morgan fingerprint density at radius 2 is 1.96 bits per heavy atom. The summed E-state index contributed by atoms with van der Waals surface area (Å²) < 4.78 is 5.45. The van der Waals surface area contributed by atoms with Crippen LogP contribution in [0.3, 0.4) is 0 Å². The molecule has 1 amide bonds. The van der Waals surface area contributed by atoms with E-state index in [1.807, 2.05) is 18.2 Å². The first-order chi connectivity index (χ1) is 11.8. The van der Waals surface area contributed by atoms with E-state index >= 15 is 0 Å². The van der Waals surface area contributed by atoms with Crippen LogP contribution in [0.4, 0.5) is 0 Å². The van der Waals surface area contributed by atoms with E-state index in [1.54, 1.807) is 11.3 Å². The lowest BCUT2D eigenvalue weighted by molar-refractivity contribution is -0.121. The Labute approximate surface area is 147 Å². The number of nitrogens with zero attached hydrogens (tertiary/aromatic N) is 1. The van der Waals surface area contributed by atoms with Crippen molar-refractivity contribution in [2.24, 2.45) is 0 Å². The molecule has 1 aliphatic rings. The molecule has 2 heterocycles. The van der Waals surface area contributed by atoms with Gasteiger partial charge < -0.3 is 10.1 Å². The van der Waals surface area contributed by atoms with Crippen molar-refractivity contribution in [3.05, 3.63) is 58.3 Å². The number of carbonyl (C=O) groups is 1. The Balaban J connectivity index is 1.52. The predicted molar refractivity (Wildman–Crippen MR) is 97.2 cm³/mol. The summed E-state index contributed by atoms with van der Waals surface area (Å²) in [4.78, 5) is 15.9. The van der Waals surface area contributed by atoms with Crippen molar-refractivity contribution in [2.75, 3.05) is 32.8 Å². The number of rotatable bonds is 7. The Morgan fingerprint density at radius 1 is 1.17 bits per heavy atom. The Morgan fingerprint density at radius 3 is 2.67 bits per heavy atom. The molecule has 128 valence electrons. The third-order valence-electron chi connectivity index (χ3n) is 4.33. The molecule has 5 heteroatoms.